The Bertz CT molecular complexity index is 1720. The minimum absolute atomic E-state index is 0.00308. The van der Waals surface area contributed by atoms with Crippen molar-refractivity contribution in [3.63, 3.8) is 0 Å². The number of halogens is 1. The van der Waals surface area contributed by atoms with Crippen LogP contribution in [0.5, 0.6) is 11.5 Å². The normalized spacial score (nSPS) is 11.0. The zero-order valence-electron chi connectivity index (χ0n) is 22.6. The van der Waals surface area contributed by atoms with Gasteiger partial charge in [-0.15, -0.1) is 5.10 Å². The molecule has 0 aliphatic heterocycles. The molecule has 2 aromatic heterocycles. The Hall–Kier alpha value is -5.24. The summed E-state index contributed by atoms with van der Waals surface area (Å²) in [4.78, 5) is 13.1. The highest BCUT2D eigenvalue weighted by Gasteiger charge is 2.24. The number of amides is 1. The summed E-state index contributed by atoms with van der Waals surface area (Å²) in [6.45, 7) is 2.57. The fourth-order valence-electron chi connectivity index (χ4n) is 4.02. The van der Waals surface area contributed by atoms with E-state index in [1.54, 1.807) is 19.2 Å². The lowest BCUT2D eigenvalue weighted by atomic mass is 10.1. The van der Waals surface area contributed by atoms with Crippen LogP contribution < -0.4 is 25.9 Å². The number of nitrogens with two attached hydrogens (primary N) is 1. The number of carbonyl (C=O) groups is 1. The van der Waals surface area contributed by atoms with Crippen LogP contribution >= 0.6 is 15.9 Å². The first-order valence-electron chi connectivity index (χ1n) is 12.6. The van der Waals surface area contributed by atoms with Crippen molar-refractivity contribution in [3.05, 3.63) is 99.3 Å². The minimum Gasteiger partial charge on any atom is -0.493 e. The number of methoxy groups -OCH3 is 1. The molecule has 0 bridgehead atoms. The summed E-state index contributed by atoms with van der Waals surface area (Å²) < 4.78 is 18.2. The molecule has 5 rings (SSSR count). The number of benzene rings is 3. The molecule has 1 amide bonds. The van der Waals surface area contributed by atoms with Gasteiger partial charge in [0.05, 0.1) is 30.0 Å². The maximum Gasteiger partial charge on any atom is 0.293 e. The van der Waals surface area contributed by atoms with E-state index in [-0.39, 0.29) is 23.9 Å². The quantitative estimate of drug-likeness (QED) is 0.141. The number of nitrogen functional groups attached to an aromatic ring is 1. The van der Waals surface area contributed by atoms with Crippen molar-refractivity contribution in [1.82, 2.24) is 30.7 Å². The van der Waals surface area contributed by atoms with E-state index in [1.165, 1.54) is 10.9 Å². The fraction of sp³-hybridized carbons (Fsp3) is 0.143. The van der Waals surface area contributed by atoms with Gasteiger partial charge in [-0.2, -0.15) is 9.78 Å². The summed E-state index contributed by atoms with van der Waals surface area (Å²) in [6.07, 6.45) is 1.47. The first-order chi connectivity index (χ1) is 20.4. The number of rotatable bonds is 11. The second-order valence-corrected chi connectivity index (χ2v) is 9.85. The average molecular weight is 632 g/mol. The molecule has 214 valence electrons. The summed E-state index contributed by atoms with van der Waals surface area (Å²) in [6, 6.07) is 21.1. The highest BCUT2D eigenvalue weighted by molar-refractivity contribution is 9.10. The zero-order chi connectivity index (χ0) is 29.5. The molecule has 0 aliphatic carbocycles. The van der Waals surface area contributed by atoms with E-state index < -0.39 is 5.91 Å². The SMILES string of the molecule is COc1cc(/C=N\NC(=O)c2nnn(-c3nonc3N)c2CNc2ccccc2)cc(Br)c1OCc1cccc(C)c1. The van der Waals surface area contributed by atoms with Crippen molar-refractivity contribution < 1.29 is 18.9 Å². The average Bonchev–Trinajstić information content (AvgIpc) is 3.61. The highest BCUT2D eigenvalue weighted by atomic mass is 79.9. The van der Waals surface area contributed by atoms with Crippen molar-refractivity contribution in [2.75, 3.05) is 18.2 Å². The van der Waals surface area contributed by atoms with Crippen LogP contribution in [-0.2, 0) is 13.2 Å². The standard InChI is InChI=1S/C28H26BrN9O4/c1-17-7-6-8-18(11-17)16-41-25-21(29)12-19(13-23(25)40-2)14-32-34-28(39)24-22(15-31-20-9-4-3-5-10-20)38(37-33-24)27-26(30)35-42-36-27/h3-14,31H,15-16H2,1-2H3,(H2,30,35)(H,34,39)/b32-14-. The molecule has 4 N–H and O–H groups in total. The van der Waals surface area contributed by atoms with Crippen LogP contribution in [0.15, 0.2) is 80.9 Å². The van der Waals surface area contributed by atoms with Gasteiger partial charge in [0.15, 0.2) is 17.2 Å². The molecular formula is C28H26BrN9O4. The highest BCUT2D eigenvalue weighted by Crippen LogP contribution is 2.37. The molecule has 0 saturated carbocycles. The number of aryl methyl sites for hydroxylation is 1. The summed E-state index contributed by atoms with van der Waals surface area (Å²) in [5.74, 6) is 0.560. The second-order valence-electron chi connectivity index (χ2n) is 9.00. The number of nitrogens with zero attached hydrogens (tertiary/aromatic N) is 6. The predicted octanol–water partition coefficient (Wildman–Crippen LogP) is 4.27. The molecule has 3 aromatic carbocycles. The van der Waals surface area contributed by atoms with Crippen molar-refractivity contribution in [3.8, 4) is 17.3 Å². The molecule has 2 heterocycles. The van der Waals surface area contributed by atoms with Gasteiger partial charge in [0.25, 0.3) is 5.91 Å². The van der Waals surface area contributed by atoms with Crippen molar-refractivity contribution in [2.24, 2.45) is 5.10 Å². The molecule has 0 saturated heterocycles. The topological polar surface area (TPSA) is 168 Å². The van der Waals surface area contributed by atoms with Crippen molar-refractivity contribution >= 4 is 39.6 Å². The van der Waals surface area contributed by atoms with Gasteiger partial charge >= 0.3 is 0 Å². The number of carbonyl (C=O) groups excluding carboxylic acids is 1. The maximum absolute atomic E-state index is 13.1. The summed E-state index contributed by atoms with van der Waals surface area (Å²) in [7, 11) is 1.55. The Morgan fingerprint density at radius 1 is 1.14 bits per heavy atom. The molecule has 0 fully saturated rings. The Labute approximate surface area is 248 Å². The van der Waals surface area contributed by atoms with Crippen LogP contribution in [0.1, 0.15) is 32.9 Å². The Kier molecular flexibility index (Phi) is 8.72. The van der Waals surface area contributed by atoms with Crippen LogP contribution in [0, 0.1) is 6.92 Å². The number of anilines is 2. The number of nitrogens with one attached hydrogen (secondary N) is 2. The summed E-state index contributed by atoms with van der Waals surface area (Å²) in [5, 5.41) is 22.8. The molecule has 13 nitrogen and oxygen atoms in total. The van der Waals surface area contributed by atoms with Gasteiger partial charge in [-0.3, -0.25) is 4.79 Å². The van der Waals surface area contributed by atoms with Crippen molar-refractivity contribution in [2.45, 2.75) is 20.1 Å². The molecular weight excluding hydrogens is 606 g/mol. The van der Waals surface area contributed by atoms with Crippen LogP contribution in [-0.4, -0.2) is 44.5 Å². The third-order valence-electron chi connectivity index (χ3n) is 6.01. The number of hydrogen-bond donors (Lipinski definition) is 3. The van der Waals surface area contributed by atoms with E-state index in [1.807, 2.05) is 55.5 Å². The van der Waals surface area contributed by atoms with Crippen LogP contribution in [0.3, 0.4) is 0 Å². The fourth-order valence-corrected chi connectivity index (χ4v) is 4.59. The molecule has 0 radical (unpaired) electrons. The minimum atomic E-state index is -0.596. The molecule has 0 spiro atoms. The number of para-hydroxylation sites is 1. The lowest BCUT2D eigenvalue weighted by molar-refractivity contribution is 0.0949. The summed E-state index contributed by atoms with van der Waals surface area (Å²) in [5.41, 5.74) is 12.4. The Morgan fingerprint density at radius 3 is 2.71 bits per heavy atom. The predicted molar refractivity (Wildman–Crippen MR) is 159 cm³/mol. The first-order valence-corrected chi connectivity index (χ1v) is 13.4. The lowest BCUT2D eigenvalue weighted by Gasteiger charge is -2.14. The van der Waals surface area contributed by atoms with Crippen LogP contribution in [0.4, 0.5) is 11.5 Å². The van der Waals surface area contributed by atoms with Gasteiger partial charge in [0.2, 0.25) is 11.6 Å². The number of hydrazone groups is 1. The van der Waals surface area contributed by atoms with Crippen LogP contribution in [0.25, 0.3) is 5.82 Å². The van der Waals surface area contributed by atoms with E-state index in [0.717, 1.165) is 16.8 Å². The number of hydrogen-bond acceptors (Lipinski definition) is 11. The maximum atomic E-state index is 13.1. The number of ether oxygens (including phenoxy) is 2. The van der Waals surface area contributed by atoms with E-state index in [0.29, 0.717) is 33.8 Å². The van der Waals surface area contributed by atoms with Crippen LogP contribution in [0.2, 0.25) is 0 Å². The third kappa shape index (κ3) is 6.55. The Morgan fingerprint density at radius 2 is 1.98 bits per heavy atom. The molecule has 5 aromatic rings. The number of aromatic nitrogens is 5. The van der Waals surface area contributed by atoms with Gasteiger partial charge in [-0.1, -0.05) is 53.2 Å². The summed E-state index contributed by atoms with van der Waals surface area (Å²) >= 11 is 3.55. The molecule has 0 aliphatic rings. The molecule has 0 atom stereocenters. The first kappa shape index (κ1) is 28.3. The zero-order valence-corrected chi connectivity index (χ0v) is 24.2. The lowest BCUT2D eigenvalue weighted by Crippen LogP contribution is -2.21. The van der Waals surface area contributed by atoms with Gasteiger partial charge in [0.1, 0.15) is 6.61 Å². The van der Waals surface area contributed by atoms with Crippen molar-refractivity contribution in [1.29, 1.82) is 0 Å². The van der Waals surface area contributed by atoms with E-state index in [2.05, 4.69) is 58.5 Å². The smallest absolute Gasteiger partial charge is 0.293 e. The second kappa shape index (κ2) is 13.0. The van der Waals surface area contributed by atoms with Gasteiger partial charge in [0, 0.05) is 5.69 Å². The monoisotopic (exact) mass is 631 g/mol. The van der Waals surface area contributed by atoms with Gasteiger partial charge in [-0.25, -0.2) is 10.1 Å². The molecule has 42 heavy (non-hydrogen) atoms. The van der Waals surface area contributed by atoms with E-state index in [9.17, 15) is 4.79 Å². The largest absolute Gasteiger partial charge is 0.493 e. The van der Waals surface area contributed by atoms with Gasteiger partial charge < -0.3 is 20.5 Å². The molecule has 14 heteroatoms. The van der Waals surface area contributed by atoms with Gasteiger partial charge in [-0.05, 0) is 68.6 Å². The third-order valence-corrected chi connectivity index (χ3v) is 6.59. The Balaban J connectivity index is 1.31. The van der Waals surface area contributed by atoms with E-state index in [4.69, 9.17) is 19.8 Å². The molecule has 0 unspecified atom stereocenters. The van der Waals surface area contributed by atoms with E-state index >= 15 is 0 Å².